The van der Waals surface area contributed by atoms with Gasteiger partial charge < -0.3 is 20.1 Å². The molecule has 2 N–H and O–H groups in total. The molecule has 0 spiro atoms. The van der Waals surface area contributed by atoms with Crippen molar-refractivity contribution < 1.29 is 14.3 Å². The molecule has 0 radical (unpaired) electrons. The second-order valence-electron chi connectivity index (χ2n) is 5.98. The molecule has 0 aromatic carbocycles. The number of esters is 1. The fraction of sp³-hybridized carbons (Fsp3) is 0.929. The first kappa shape index (κ1) is 16.4. The van der Waals surface area contributed by atoms with E-state index in [2.05, 4.69) is 18.9 Å². The Bertz CT molecular complexity index is 288. The molecule has 0 aromatic rings. The molecule has 1 saturated heterocycles. The molecule has 1 aliphatic heterocycles. The van der Waals surface area contributed by atoms with E-state index in [9.17, 15) is 4.79 Å². The Balaban J connectivity index is 2.43. The van der Waals surface area contributed by atoms with Crippen LogP contribution in [0.4, 0.5) is 0 Å². The molecule has 1 aliphatic rings. The highest BCUT2D eigenvalue weighted by atomic mass is 16.5. The number of nitrogens with zero attached hydrogens (tertiary/aromatic N) is 1. The second kappa shape index (κ2) is 7.22. The number of carbonyl (C=O) groups is 1. The number of hydrogen-bond acceptors (Lipinski definition) is 5. The van der Waals surface area contributed by atoms with Gasteiger partial charge in [0.25, 0.3) is 0 Å². The van der Waals surface area contributed by atoms with Crippen molar-refractivity contribution in [1.29, 1.82) is 0 Å². The summed E-state index contributed by atoms with van der Waals surface area (Å²) >= 11 is 0. The summed E-state index contributed by atoms with van der Waals surface area (Å²) in [6.07, 6.45) is 2.95. The minimum atomic E-state index is -0.925. The Morgan fingerprint density at radius 2 is 2.32 bits per heavy atom. The largest absolute Gasteiger partial charge is 0.468 e. The fourth-order valence-corrected chi connectivity index (χ4v) is 2.62. The van der Waals surface area contributed by atoms with Gasteiger partial charge in [0, 0.05) is 19.2 Å². The zero-order valence-electron chi connectivity index (χ0n) is 12.6. The van der Waals surface area contributed by atoms with Crippen LogP contribution in [0.25, 0.3) is 0 Å². The predicted molar refractivity (Wildman–Crippen MR) is 74.9 cm³/mol. The Labute approximate surface area is 116 Å². The van der Waals surface area contributed by atoms with Crippen LogP contribution in [-0.2, 0) is 14.3 Å². The normalized spacial score (nSPS) is 24.8. The molecule has 3 atom stereocenters. The highest BCUT2D eigenvalue weighted by Crippen LogP contribution is 2.19. The van der Waals surface area contributed by atoms with Gasteiger partial charge in [-0.3, -0.25) is 4.79 Å². The fourth-order valence-electron chi connectivity index (χ4n) is 2.62. The molecule has 3 unspecified atom stereocenters. The van der Waals surface area contributed by atoms with Gasteiger partial charge in [-0.1, -0.05) is 0 Å². The molecule has 0 bridgehead atoms. The predicted octanol–water partition coefficient (Wildman–Crippen LogP) is 1.01. The molecule has 1 fully saturated rings. The third kappa shape index (κ3) is 5.09. The summed E-state index contributed by atoms with van der Waals surface area (Å²) in [4.78, 5) is 13.9. The minimum absolute atomic E-state index is 0.232. The van der Waals surface area contributed by atoms with Gasteiger partial charge in [-0.25, -0.2) is 0 Å². The number of nitrogens with two attached hydrogens (primary N) is 1. The molecule has 112 valence electrons. The summed E-state index contributed by atoms with van der Waals surface area (Å²) in [5, 5.41) is 0. The lowest BCUT2D eigenvalue weighted by molar-refractivity contribution is -0.147. The van der Waals surface area contributed by atoms with Crippen molar-refractivity contribution >= 4 is 5.97 Å². The smallest absolute Gasteiger partial charge is 0.325 e. The second-order valence-corrected chi connectivity index (χ2v) is 5.98. The van der Waals surface area contributed by atoms with Crippen LogP contribution in [0, 0.1) is 5.92 Å². The third-order valence-electron chi connectivity index (χ3n) is 3.92. The Morgan fingerprint density at radius 3 is 2.84 bits per heavy atom. The lowest BCUT2D eigenvalue weighted by Crippen LogP contribution is -2.51. The van der Waals surface area contributed by atoms with Gasteiger partial charge in [0.2, 0.25) is 0 Å². The zero-order valence-corrected chi connectivity index (χ0v) is 12.6. The lowest BCUT2D eigenvalue weighted by Gasteiger charge is -2.34. The van der Waals surface area contributed by atoms with Gasteiger partial charge in [-0.15, -0.1) is 0 Å². The Kier molecular flexibility index (Phi) is 6.23. The molecule has 5 heteroatoms. The molecule has 0 amide bonds. The first-order chi connectivity index (χ1) is 8.86. The quantitative estimate of drug-likeness (QED) is 0.731. The van der Waals surface area contributed by atoms with E-state index in [0.717, 1.165) is 26.2 Å². The summed E-state index contributed by atoms with van der Waals surface area (Å²) < 4.78 is 10.2. The van der Waals surface area contributed by atoms with Gasteiger partial charge in [-0.2, -0.15) is 0 Å². The third-order valence-corrected chi connectivity index (χ3v) is 3.92. The highest BCUT2D eigenvalue weighted by molar-refractivity contribution is 5.79. The van der Waals surface area contributed by atoms with Gasteiger partial charge >= 0.3 is 5.97 Å². The maximum atomic E-state index is 11.6. The van der Waals surface area contributed by atoms with Gasteiger partial charge in [-0.05, 0) is 46.1 Å². The number of methoxy groups -OCH3 is 1. The molecular formula is C14H28N2O3. The van der Waals surface area contributed by atoms with E-state index in [4.69, 9.17) is 15.2 Å². The average Bonchev–Trinajstić information content (AvgIpc) is 2.38. The van der Waals surface area contributed by atoms with Gasteiger partial charge in [0.05, 0.1) is 13.7 Å². The average molecular weight is 272 g/mol. The number of hydrogen-bond donors (Lipinski definition) is 1. The van der Waals surface area contributed by atoms with Gasteiger partial charge in [0.1, 0.15) is 5.54 Å². The van der Waals surface area contributed by atoms with Crippen LogP contribution < -0.4 is 5.73 Å². The van der Waals surface area contributed by atoms with Crippen LogP contribution in [0.15, 0.2) is 0 Å². The first-order valence-corrected chi connectivity index (χ1v) is 7.02. The van der Waals surface area contributed by atoms with Crippen molar-refractivity contribution in [3.8, 4) is 0 Å². The molecule has 1 rings (SSSR count). The van der Waals surface area contributed by atoms with Crippen molar-refractivity contribution in [3.05, 3.63) is 0 Å². The zero-order chi connectivity index (χ0) is 14.5. The van der Waals surface area contributed by atoms with Gasteiger partial charge in [0.15, 0.2) is 0 Å². The van der Waals surface area contributed by atoms with E-state index < -0.39 is 5.54 Å². The Hall–Kier alpha value is -0.650. The van der Waals surface area contributed by atoms with E-state index in [-0.39, 0.29) is 12.0 Å². The molecule has 0 aliphatic carbocycles. The minimum Gasteiger partial charge on any atom is -0.468 e. The van der Waals surface area contributed by atoms with Crippen LogP contribution in [-0.4, -0.2) is 56.4 Å². The van der Waals surface area contributed by atoms with Crippen molar-refractivity contribution in [2.45, 2.75) is 44.7 Å². The van der Waals surface area contributed by atoms with E-state index >= 15 is 0 Å². The van der Waals surface area contributed by atoms with E-state index in [1.54, 1.807) is 6.92 Å². The van der Waals surface area contributed by atoms with Crippen LogP contribution in [0.5, 0.6) is 0 Å². The number of rotatable bonds is 6. The van der Waals surface area contributed by atoms with Crippen molar-refractivity contribution in [3.63, 3.8) is 0 Å². The van der Waals surface area contributed by atoms with Crippen molar-refractivity contribution in [2.24, 2.45) is 11.7 Å². The standard InChI is InChI=1S/C14H28N2O3/c1-11(8-14(2,15)13(17)18-4)16(3)9-12-6-5-7-19-10-12/h11-12H,5-10,15H2,1-4H3. The maximum Gasteiger partial charge on any atom is 0.325 e. The maximum absolute atomic E-state index is 11.6. The molecule has 0 saturated carbocycles. The summed E-state index contributed by atoms with van der Waals surface area (Å²) in [6, 6.07) is 0.232. The summed E-state index contributed by atoms with van der Waals surface area (Å²) in [5.41, 5.74) is 5.09. The summed E-state index contributed by atoms with van der Waals surface area (Å²) in [5.74, 6) is 0.233. The monoisotopic (exact) mass is 272 g/mol. The summed E-state index contributed by atoms with van der Waals surface area (Å²) in [6.45, 7) is 6.54. The van der Waals surface area contributed by atoms with Crippen LogP contribution in [0.3, 0.4) is 0 Å². The lowest BCUT2D eigenvalue weighted by atomic mass is 9.93. The summed E-state index contributed by atoms with van der Waals surface area (Å²) in [7, 11) is 3.45. The van der Waals surface area contributed by atoms with Crippen LogP contribution >= 0.6 is 0 Å². The van der Waals surface area contributed by atoms with Crippen molar-refractivity contribution in [2.75, 3.05) is 33.9 Å². The topological polar surface area (TPSA) is 64.8 Å². The highest BCUT2D eigenvalue weighted by Gasteiger charge is 2.32. The molecule has 5 nitrogen and oxygen atoms in total. The van der Waals surface area contributed by atoms with Crippen molar-refractivity contribution in [1.82, 2.24) is 4.90 Å². The van der Waals surface area contributed by atoms with Crippen LogP contribution in [0.1, 0.15) is 33.1 Å². The van der Waals surface area contributed by atoms with Crippen LogP contribution in [0.2, 0.25) is 0 Å². The van der Waals surface area contributed by atoms with E-state index in [1.807, 2.05) is 0 Å². The molecule has 19 heavy (non-hydrogen) atoms. The first-order valence-electron chi connectivity index (χ1n) is 7.02. The molecule has 1 heterocycles. The van der Waals surface area contributed by atoms with E-state index in [1.165, 1.54) is 13.5 Å². The van der Waals surface area contributed by atoms with E-state index in [0.29, 0.717) is 12.3 Å². The molecule has 0 aromatic heterocycles. The number of carbonyl (C=O) groups excluding carboxylic acids is 1. The SMILES string of the molecule is COC(=O)C(C)(N)CC(C)N(C)CC1CCCOC1. The Morgan fingerprint density at radius 1 is 1.63 bits per heavy atom. The molecular weight excluding hydrogens is 244 g/mol. The number of ether oxygens (including phenoxy) is 2.